The largest absolute Gasteiger partial charge is 0.508 e. The average Bonchev–Trinajstić information content (AvgIpc) is 3.64. The van der Waals surface area contributed by atoms with E-state index in [9.17, 15) is 30.0 Å². The molecule has 13 heteroatoms. The molecular formula is C34H33NO12. The molecular weight excluding hydrogens is 614 g/mol. The molecule has 47 heavy (non-hydrogen) atoms. The highest BCUT2D eigenvalue weighted by atomic mass is 16.8. The molecule has 4 aliphatic rings. The Labute approximate surface area is 269 Å². The number of ether oxygens (including phenoxy) is 6. The Morgan fingerprint density at radius 1 is 1.17 bits per heavy atom. The smallest absolute Gasteiger partial charge is 0.507 e. The Bertz CT molecular complexity index is 1810. The number of phenols is 1. The lowest BCUT2D eigenvalue weighted by atomic mass is 9.93. The monoisotopic (exact) mass is 647 g/mol. The van der Waals surface area contributed by atoms with Crippen LogP contribution in [0.3, 0.4) is 0 Å². The Morgan fingerprint density at radius 2 is 1.96 bits per heavy atom. The molecule has 2 aromatic rings. The Balaban J connectivity index is 1.39. The number of aromatic hydroxyl groups is 1. The average molecular weight is 648 g/mol. The number of esters is 1. The highest BCUT2D eigenvalue weighted by Crippen LogP contribution is 2.37. The van der Waals surface area contributed by atoms with Crippen LogP contribution >= 0.6 is 0 Å². The third-order valence-electron chi connectivity index (χ3n) is 8.62. The lowest BCUT2D eigenvalue weighted by Crippen LogP contribution is -2.62. The first-order valence-corrected chi connectivity index (χ1v) is 14.8. The number of methoxy groups -OCH3 is 1. The third-order valence-corrected chi connectivity index (χ3v) is 8.62. The molecule has 2 aliphatic carbocycles. The van der Waals surface area contributed by atoms with Crippen LogP contribution in [0, 0.1) is 30.6 Å². The van der Waals surface area contributed by atoms with E-state index in [1.807, 2.05) is 6.92 Å². The van der Waals surface area contributed by atoms with Crippen molar-refractivity contribution in [1.29, 1.82) is 0 Å². The zero-order chi connectivity index (χ0) is 33.6. The summed E-state index contributed by atoms with van der Waals surface area (Å²) in [6.45, 7) is 3.16. The van der Waals surface area contributed by atoms with Gasteiger partial charge in [0.2, 0.25) is 0 Å². The summed E-state index contributed by atoms with van der Waals surface area (Å²) in [6.07, 6.45) is -6.35. The maximum absolute atomic E-state index is 13.9. The first-order chi connectivity index (χ1) is 22.4. The number of allylic oxidation sites excluding steroid dienone is 1. The number of aliphatic hydroxyl groups excluding tert-OH is 2. The fourth-order valence-corrected chi connectivity index (χ4v) is 5.90. The molecule has 0 aromatic heterocycles. The van der Waals surface area contributed by atoms with Crippen molar-refractivity contribution in [3.8, 4) is 35.2 Å². The van der Waals surface area contributed by atoms with Gasteiger partial charge in [-0.3, -0.25) is 0 Å². The van der Waals surface area contributed by atoms with Gasteiger partial charge in [-0.25, -0.2) is 9.59 Å². The van der Waals surface area contributed by atoms with E-state index in [1.165, 1.54) is 25.3 Å². The van der Waals surface area contributed by atoms with Gasteiger partial charge in [-0.2, -0.15) is 0 Å². The fourth-order valence-electron chi connectivity index (χ4n) is 5.90. The maximum Gasteiger partial charge on any atom is 0.508 e. The molecule has 0 bridgehead atoms. The van der Waals surface area contributed by atoms with Crippen LogP contribution in [-0.4, -0.2) is 101 Å². The van der Waals surface area contributed by atoms with Gasteiger partial charge in [0.1, 0.15) is 42.0 Å². The zero-order valence-corrected chi connectivity index (χ0v) is 25.6. The standard InChI is InChI=1S/C34H33NO12/c1-16-12-19(42-3)14-22-20(16)7-8-23(36)26(22)31(39)45-24-13-18-9-11-34(41,25-15-43-33(40)46-25)10-5-4-6-21(18)30(24)47-32-27(35)29(38)28(37)17(2)44-32/h6-8,12-14,17,24-25,27-30,32,36-38,41H,10,15,35H2,1-3H3/b21-6+/t17-,24+,25?,27+,28-,29-,30+,32+,34+/m0/s1. The van der Waals surface area contributed by atoms with E-state index in [0.717, 1.165) is 5.56 Å². The van der Waals surface area contributed by atoms with Crippen LogP contribution in [0.15, 0.2) is 47.6 Å². The first kappa shape index (κ1) is 32.3. The molecule has 0 saturated carbocycles. The van der Waals surface area contributed by atoms with Gasteiger partial charge >= 0.3 is 12.1 Å². The molecule has 2 saturated heterocycles. The predicted octanol–water partition coefficient (Wildman–Crippen LogP) is 1.11. The SMILES string of the molecule is COc1cc(C)c2ccc(O)c(C(=O)O[C@@H]3C=C4C#C[C@@](O)(C5COC(=O)O5)CC#C/C=C\4[C@H]3O[C@H]3O[C@@H](C)[C@H](O)[C@@H](O)[C@H]3N)c2c1. The van der Waals surface area contributed by atoms with Crippen molar-refractivity contribution in [3.05, 3.63) is 58.7 Å². The minimum atomic E-state index is -1.88. The summed E-state index contributed by atoms with van der Waals surface area (Å²) in [4.78, 5) is 25.5. The number of fused-ring (bicyclic) bond motifs is 2. The van der Waals surface area contributed by atoms with Crippen molar-refractivity contribution >= 4 is 22.9 Å². The second-order valence-corrected chi connectivity index (χ2v) is 11.7. The van der Waals surface area contributed by atoms with Crippen molar-refractivity contribution in [1.82, 2.24) is 0 Å². The number of nitrogens with two attached hydrogens (primary N) is 1. The van der Waals surface area contributed by atoms with E-state index >= 15 is 0 Å². The number of hydrogen-bond donors (Lipinski definition) is 5. The molecule has 2 heterocycles. The topological polar surface area (TPSA) is 196 Å². The van der Waals surface area contributed by atoms with Gasteiger partial charge in [0.15, 0.2) is 24.1 Å². The van der Waals surface area contributed by atoms with E-state index in [4.69, 9.17) is 34.2 Å². The van der Waals surface area contributed by atoms with E-state index in [-0.39, 0.29) is 29.9 Å². The minimum absolute atomic E-state index is 0.113. The quantitative estimate of drug-likeness (QED) is 0.221. The minimum Gasteiger partial charge on any atom is -0.507 e. The summed E-state index contributed by atoms with van der Waals surface area (Å²) in [7, 11) is 1.49. The van der Waals surface area contributed by atoms with E-state index < -0.39 is 66.7 Å². The van der Waals surface area contributed by atoms with Crippen molar-refractivity contribution in [2.75, 3.05) is 13.7 Å². The molecule has 13 nitrogen and oxygen atoms in total. The van der Waals surface area contributed by atoms with Gasteiger partial charge in [0.25, 0.3) is 0 Å². The van der Waals surface area contributed by atoms with Crippen molar-refractivity contribution in [2.45, 2.75) is 74.8 Å². The van der Waals surface area contributed by atoms with E-state index in [2.05, 4.69) is 23.7 Å². The summed E-state index contributed by atoms with van der Waals surface area (Å²) in [6, 6.07) is 5.30. The fraction of sp³-hybridized carbons (Fsp3) is 0.412. The molecule has 1 unspecified atom stereocenters. The molecule has 0 amide bonds. The third kappa shape index (κ3) is 6.01. The Hall–Kier alpha value is -4.60. The normalized spacial score (nSPS) is 34.0. The van der Waals surface area contributed by atoms with Crippen LogP contribution in [0.1, 0.15) is 29.3 Å². The van der Waals surface area contributed by atoms with Gasteiger partial charge in [0, 0.05) is 16.5 Å². The van der Waals surface area contributed by atoms with Crippen LogP contribution < -0.4 is 10.5 Å². The van der Waals surface area contributed by atoms with Gasteiger partial charge < -0.3 is 54.6 Å². The Kier molecular flexibility index (Phi) is 8.63. The number of cyclic esters (lactones) is 2. The van der Waals surface area contributed by atoms with Gasteiger partial charge in [-0.05, 0) is 55.1 Å². The second kappa shape index (κ2) is 12.5. The molecule has 6 rings (SSSR count). The van der Waals surface area contributed by atoms with E-state index in [1.54, 1.807) is 25.1 Å². The number of carbonyl (C=O) groups excluding carboxylic acids is 2. The number of aliphatic hydroxyl groups is 3. The highest BCUT2D eigenvalue weighted by molar-refractivity contribution is 6.08. The maximum atomic E-state index is 13.9. The van der Waals surface area contributed by atoms with Gasteiger partial charge in [-0.1, -0.05) is 29.7 Å². The van der Waals surface area contributed by atoms with Crippen LogP contribution in [0.4, 0.5) is 4.79 Å². The number of rotatable bonds is 6. The highest BCUT2D eigenvalue weighted by Gasteiger charge is 2.47. The number of aryl methyl sites for hydroxylation is 1. The van der Waals surface area contributed by atoms with Crippen molar-refractivity contribution in [2.24, 2.45) is 5.73 Å². The zero-order valence-electron chi connectivity index (χ0n) is 25.6. The molecule has 0 radical (unpaired) electrons. The summed E-state index contributed by atoms with van der Waals surface area (Å²) in [5.41, 5.74) is 5.60. The molecule has 6 N–H and O–H groups in total. The first-order valence-electron chi connectivity index (χ1n) is 14.8. The second-order valence-electron chi connectivity index (χ2n) is 11.7. The summed E-state index contributed by atoms with van der Waals surface area (Å²) < 4.78 is 33.3. The molecule has 2 aliphatic heterocycles. The summed E-state index contributed by atoms with van der Waals surface area (Å²) in [5, 5.41) is 44.1. The molecule has 2 aromatic carbocycles. The van der Waals surface area contributed by atoms with Gasteiger partial charge in [0.05, 0.1) is 25.7 Å². The number of carbonyl (C=O) groups is 2. The van der Waals surface area contributed by atoms with Crippen LogP contribution in [0.25, 0.3) is 10.8 Å². The van der Waals surface area contributed by atoms with E-state index in [0.29, 0.717) is 22.1 Å². The lowest BCUT2D eigenvalue weighted by Gasteiger charge is -2.41. The van der Waals surface area contributed by atoms with Crippen LogP contribution in [-0.2, 0) is 23.7 Å². The summed E-state index contributed by atoms with van der Waals surface area (Å²) >= 11 is 0. The predicted molar refractivity (Wildman–Crippen MR) is 163 cm³/mol. The van der Waals surface area contributed by atoms with Crippen LogP contribution in [0.2, 0.25) is 0 Å². The lowest BCUT2D eigenvalue weighted by molar-refractivity contribution is -0.268. The van der Waals surface area contributed by atoms with Crippen LogP contribution in [0.5, 0.6) is 11.5 Å². The number of benzene rings is 2. The molecule has 2 fully saturated rings. The van der Waals surface area contributed by atoms with Crippen molar-refractivity contribution < 1.29 is 58.4 Å². The Morgan fingerprint density at radius 3 is 2.68 bits per heavy atom. The molecule has 246 valence electrons. The molecule has 9 atom stereocenters. The summed E-state index contributed by atoms with van der Waals surface area (Å²) in [5.74, 6) is 10.5. The van der Waals surface area contributed by atoms with Gasteiger partial charge in [-0.15, -0.1) is 0 Å². The number of hydrogen-bond acceptors (Lipinski definition) is 13. The van der Waals surface area contributed by atoms with Crippen molar-refractivity contribution in [3.63, 3.8) is 0 Å². The number of phenolic OH excluding ortho intramolecular Hbond substituents is 1. The molecule has 0 spiro atoms.